The van der Waals surface area contributed by atoms with Gasteiger partial charge in [-0.3, -0.25) is 4.79 Å². The number of fused-ring (bicyclic) bond motifs is 1. The Labute approximate surface area is 198 Å². The quantitative estimate of drug-likeness (QED) is 0.389. The highest BCUT2D eigenvalue weighted by Crippen LogP contribution is 2.37. The van der Waals surface area contributed by atoms with Crippen LogP contribution < -0.4 is 5.32 Å². The number of aromatic nitrogens is 2. The van der Waals surface area contributed by atoms with Crippen molar-refractivity contribution >= 4 is 22.9 Å². The van der Waals surface area contributed by atoms with Crippen LogP contribution in [0.4, 0.5) is 0 Å². The molecule has 0 unspecified atom stereocenters. The number of carboxylic acid groups (broad SMARTS) is 1. The van der Waals surface area contributed by atoms with Gasteiger partial charge in [0.15, 0.2) is 0 Å². The van der Waals surface area contributed by atoms with Gasteiger partial charge in [0.1, 0.15) is 5.82 Å². The molecular formula is C28H27N3O3. The number of nitrogens with one attached hydrogen (secondary N) is 1. The number of hydrogen-bond donors (Lipinski definition) is 2. The number of carbonyl (C=O) groups excluding carboxylic acids is 1. The zero-order chi connectivity index (χ0) is 23.7. The molecule has 0 atom stereocenters. The van der Waals surface area contributed by atoms with Gasteiger partial charge >= 0.3 is 5.97 Å². The second-order valence-corrected chi connectivity index (χ2v) is 9.00. The zero-order valence-corrected chi connectivity index (χ0v) is 19.1. The summed E-state index contributed by atoms with van der Waals surface area (Å²) in [4.78, 5) is 29.2. The first-order valence-corrected chi connectivity index (χ1v) is 11.7. The first-order chi connectivity index (χ1) is 16.5. The van der Waals surface area contributed by atoms with Crippen molar-refractivity contribution in [2.24, 2.45) is 0 Å². The largest absolute Gasteiger partial charge is 0.478 e. The van der Waals surface area contributed by atoms with Crippen molar-refractivity contribution in [3.05, 3.63) is 89.0 Å². The fraction of sp³-hybridized carbons (Fsp3) is 0.250. The Balaban J connectivity index is 1.48. The number of carboxylic acids is 1. The van der Waals surface area contributed by atoms with E-state index in [1.54, 1.807) is 18.2 Å². The van der Waals surface area contributed by atoms with Crippen LogP contribution in [0.3, 0.4) is 0 Å². The zero-order valence-electron chi connectivity index (χ0n) is 19.1. The second-order valence-electron chi connectivity index (χ2n) is 9.00. The topological polar surface area (TPSA) is 84.2 Å². The lowest BCUT2D eigenvalue weighted by Gasteiger charge is -2.17. The van der Waals surface area contributed by atoms with Crippen LogP contribution in [0.25, 0.3) is 22.4 Å². The molecule has 6 nitrogen and oxygen atoms in total. The molecule has 1 aliphatic carbocycles. The SMILES string of the molecule is Cc1ccc(CNC(=O)c2cccc(-c3nc4cc(C(=O)O)ccc4n3C3CCCC3)c2)cc1. The number of amides is 1. The van der Waals surface area contributed by atoms with Crippen LogP contribution in [0, 0.1) is 6.92 Å². The van der Waals surface area contributed by atoms with Gasteiger partial charge in [-0.2, -0.15) is 0 Å². The van der Waals surface area contributed by atoms with Crippen LogP contribution in [0.15, 0.2) is 66.7 Å². The van der Waals surface area contributed by atoms with Crippen LogP contribution in [-0.2, 0) is 6.54 Å². The number of benzene rings is 3. The summed E-state index contributed by atoms with van der Waals surface area (Å²) in [6, 6.07) is 21.0. The standard InChI is InChI=1S/C28H27N3O3/c1-18-9-11-19(12-10-18)17-29-27(32)21-6-4-5-20(15-21)26-30-24-16-22(28(33)34)13-14-25(24)31(26)23-7-2-3-8-23/h4-6,9-16,23H,2-3,7-8,17H2,1H3,(H,29,32)(H,33,34). The van der Waals surface area contributed by atoms with Gasteiger partial charge in [0.25, 0.3) is 5.91 Å². The summed E-state index contributed by atoms with van der Waals surface area (Å²) in [5.41, 5.74) is 5.47. The Bertz CT molecular complexity index is 1370. The Morgan fingerprint density at radius 3 is 2.50 bits per heavy atom. The summed E-state index contributed by atoms with van der Waals surface area (Å²) in [6.45, 7) is 2.50. The maximum Gasteiger partial charge on any atom is 0.335 e. The third-order valence-corrected chi connectivity index (χ3v) is 6.58. The summed E-state index contributed by atoms with van der Waals surface area (Å²) in [6.07, 6.45) is 4.46. The monoisotopic (exact) mass is 453 g/mol. The van der Waals surface area contributed by atoms with Crippen molar-refractivity contribution in [2.45, 2.75) is 45.2 Å². The molecule has 1 saturated carbocycles. The maximum absolute atomic E-state index is 12.9. The van der Waals surface area contributed by atoms with Crippen molar-refractivity contribution in [1.29, 1.82) is 0 Å². The summed E-state index contributed by atoms with van der Waals surface area (Å²) in [5, 5.41) is 12.4. The van der Waals surface area contributed by atoms with Gasteiger partial charge in [-0.05, 0) is 55.7 Å². The Kier molecular flexibility index (Phi) is 5.88. The molecule has 0 radical (unpaired) electrons. The average molecular weight is 454 g/mol. The fourth-order valence-corrected chi connectivity index (χ4v) is 4.76. The molecule has 0 bridgehead atoms. The first kappa shape index (κ1) is 21.9. The highest BCUT2D eigenvalue weighted by atomic mass is 16.4. The molecular weight excluding hydrogens is 426 g/mol. The van der Waals surface area contributed by atoms with E-state index in [-0.39, 0.29) is 11.5 Å². The van der Waals surface area contributed by atoms with Crippen LogP contribution in [0.1, 0.15) is 63.6 Å². The number of aromatic carboxylic acids is 1. The second kappa shape index (κ2) is 9.14. The van der Waals surface area contributed by atoms with Crippen molar-refractivity contribution < 1.29 is 14.7 Å². The number of hydrogen-bond acceptors (Lipinski definition) is 3. The van der Waals surface area contributed by atoms with Gasteiger partial charge < -0.3 is 15.0 Å². The Morgan fingerprint density at radius 1 is 1.00 bits per heavy atom. The summed E-state index contributed by atoms with van der Waals surface area (Å²) < 4.78 is 2.23. The molecule has 1 amide bonds. The molecule has 0 spiro atoms. The van der Waals surface area contributed by atoms with E-state index in [9.17, 15) is 14.7 Å². The van der Waals surface area contributed by atoms with Crippen molar-refractivity contribution in [3.8, 4) is 11.4 Å². The summed E-state index contributed by atoms with van der Waals surface area (Å²) >= 11 is 0. The number of aryl methyl sites for hydroxylation is 1. The highest BCUT2D eigenvalue weighted by Gasteiger charge is 2.24. The van der Waals surface area contributed by atoms with Gasteiger partial charge in [0, 0.05) is 23.7 Å². The Hall–Kier alpha value is -3.93. The number of carbonyl (C=O) groups is 2. The number of rotatable bonds is 6. The smallest absolute Gasteiger partial charge is 0.335 e. The summed E-state index contributed by atoms with van der Waals surface area (Å²) in [5.74, 6) is -0.331. The van der Waals surface area contributed by atoms with E-state index < -0.39 is 5.97 Å². The molecule has 3 aromatic carbocycles. The van der Waals surface area contributed by atoms with Crippen LogP contribution >= 0.6 is 0 Å². The third-order valence-electron chi connectivity index (χ3n) is 6.58. The van der Waals surface area contributed by atoms with E-state index in [0.29, 0.717) is 23.7 Å². The van der Waals surface area contributed by atoms with Crippen LogP contribution in [0.2, 0.25) is 0 Å². The van der Waals surface area contributed by atoms with Gasteiger partial charge in [-0.1, -0.05) is 54.8 Å². The van der Waals surface area contributed by atoms with E-state index in [4.69, 9.17) is 4.98 Å². The van der Waals surface area contributed by atoms with Gasteiger partial charge in [-0.25, -0.2) is 9.78 Å². The van der Waals surface area contributed by atoms with Crippen molar-refractivity contribution in [1.82, 2.24) is 14.9 Å². The number of imidazole rings is 1. The van der Waals surface area contributed by atoms with E-state index in [0.717, 1.165) is 35.3 Å². The first-order valence-electron chi connectivity index (χ1n) is 11.7. The van der Waals surface area contributed by atoms with E-state index >= 15 is 0 Å². The van der Waals surface area contributed by atoms with Crippen molar-refractivity contribution in [2.75, 3.05) is 0 Å². The minimum absolute atomic E-state index is 0.140. The van der Waals surface area contributed by atoms with Crippen LogP contribution in [0.5, 0.6) is 0 Å². The van der Waals surface area contributed by atoms with E-state index in [1.165, 1.54) is 18.4 Å². The van der Waals surface area contributed by atoms with E-state index in [2.05, 4.69) is 9.88 Å². The average Bonchev–Trinajstić information content (AvgIpc) is 3.50. The fourth-order valence-electron chi connectivity index (χ4n) is 4.76. The lowest BCUT2D eigenvalue weighted by Crippen LogP contribution is -2.22. The molecule has 0 aliphatic heterocycles. The molecule has 34 heavy (non-hydrogen) atoms. The molecule has 1 aliphatic rings. The predicted octanol–water partition coefficient (Wildman–Crippen LogP) is 5.76. The molecule has 6 heteroatoms. The Morgan fingerprint density at radius 2 is 1.76 bits per heavy atom. The highest BCUT2D eigenvalue weighted by molar-refractivity contribution is 5.96. The molecule has 5 rings (SSSR count). The van der Waals surface area contributed by atoms with E-state index in [1.807, 2.05) is 55.5 Å². The molecule has 1 fully saturated rings. The normalized spacial score (nSPS) is 13.9. The molecule has 1 heterocycles. The molecule has 2 N–H and O–H groups in total. The third kappa shape index (κ3) is 4.31. The number of nitrogens with zero attached hydrogens (tertiary/aromatic N) is 2. The van der Waals surface area contributed by atoms with Gasteiger partial charge in [0.2, 0.25) is 0 Å². The maximum atomic E-state index is 12.9. The lowest BCUT2D eigenvalue weighted by atomic mass is 10.1. The molecule has 172 valence electrons. The molecule has 1 aromatic heterocycles. The van der Waals surface area contributed by atoms with Gasteiger partial charge in [0.05, 0.1) is 16.6 Å². The minimum Gasteiger partial charge on any atom is -0.478 e. The van der Waals surface area contributed by atoms with Crippen LogP contribution in [-0.4, -0.2) is 26.5 Å². The van der Waals surface area contributed by atoms with Crippen molar-refractivity contribution in [3.63, 3.8) is 0 Å². The molecule has 0 saturated heterocycles. The molecule has 4 aromatic rings. The lowest BCUT2D eigenvalue weighted by molar-refractivity contribution is 0.0696. The predicted molar refractivity (Wildman–Crippen MR) is 132 cm³/mol. The van der Waals surface area contributed by atoms with Gasteiger partial charge in [-0.15, -0.1) is 0 Å². The minimum atomic E-state index is -0.967. The summed E-state index contributed by atoms with van der Waals surface area (Å²) in [7, 11) is 0.